The molecular weight excluding hydrogens is 312 g/mol. The van der Waals surface area contributed by atoms with E-state index in [1.807, 2.05) is 36.4 Å². The lowest BCUT2D eigenvalue weighted by Crippen LogP contribution is -2.16. The first kappa shape index (κ1) is 18.7. The van der Waals surface area contributed by atoms with Crippen molar-refractivity contribution in [1.82, 2.24) is 0 Å². The summed E-state index contributed by atoms with van der Waals surface area (Å²) in [7, 11) is 0. The Hall–Kier alpha value is -2.62. The largest absolute Gasteiger partial charge is 0.385 e. The predicted octanol–water partition coefficient (Wildman–Crippen LogP) is 4.63. The second-order valence-electron chi connectivity index (χ2n) is 7.19. The molecular formula is C21H26N2O2. The molecule has 0 spiro atoms. The van der Waals surface area contributed by atoms with Gasteiger partial charge < -0.3 is 10.6 Å². The highest BCUT2D eigenvalue weighted by molar-refractivity contribution is 5.94. The van der Waals surface area contributed by atoms with Gasteiger partial charge in [-0.15, -0.1) is 0 Å². The number of carbonyl (C=O) groups excluding carboxylic acids is 2. The molecule has 2 N–H and O–H groups in total. The Balaban J connectivity index is 1.79. The smallest absolute Gasteiger partial charge is 0.226 e. The number of hydrogen-bond acceptors (Lipinski definition) is 3. The van der Waals surface area contributed by atoms with Crippen molar-refractivity contribution in [1.29, 1.82) is 0 Å². The molecule has 0 atom stereocenters. The van der Waals surface area contributed by atoms with Crippen LogP contribution in [0.4, 0.5) is 11.4 Å². The summed E-state index contributed by atoms with van der Waals surface area (Å²) in [6.45, 7) is 8.56. The summed E-state index contributed by atoms with van der Waals surface area (Å²) >= 11 is 0. The Morgan fingerprint density at radius 2 is 1.44 bits per heavy atom. The predicted molar refractivity (Wildman–Crippen MR) is 103 cm³/mol. The Labute approximate surface area is 149 Å². The monoisotopic (exact) mass is 338 g/mol. The summed E-state index contributed by atoms with van der Waals surface area (Å²) in [5.41, 5.74) is 3.73. The molecule has 2 aromatic carbocycles. The zero-order chi connectivity index (χ0) is 18.4. The van der Waals surface area contributed by atoms with Gasteiger partial charge in [-0.3, -0.25) is 9.59 Å². The number of hydrogen-bond donors (Lipinski definition) is 2. The minimum absolute atomic E-state index is 0.0311. The molecule has 0 saturated heterocycles. The molecule has 2 aromatic rings. The molecule has 132 valence electrons. The van der Waals surface area contributed by atoms with Crippen LogP contribution in [0.25, 0.3) is 0 Å². The quantitative estimate of drug-likeness (QED) is 0.755. The van der Waals surface area contributed by atoms with Crippen molar-refractivity contribution < 1.29 is 9.59 Å². The van der Waals surface area contributed by atoms with E-state index in [4.69, 9.17) is 0 Å². The zero-order valence-electron chi connectivity index (χ0n) is 15.3. The van der Waals surface area contributed by atoms with Crippen LogP contribution < -0.4 is 10.6 Å². The number of ketones is 1. The average molecular weight is 338 g/mol. The maximum atomic E-state index is 12.0. The number of amides is 1. The van der Waals surface area contributed by atoms with Gasteiger partial charge in [-0.2, -0.15) is 0 Å². The summed E-state index contributed by atoms with van der Waals surface area (Å²) in [4.78, 5) is 23.3. The zero-order valence-corrected chi connectivity index (χ0v) is 15.3. The van der Waals surface area contributed by atoms with Gasteiger partial charge in [0.1, 0.15) is 0 Å². The number of carbonyl (C=O) groups is 2. The summed E-state index contributed by atoms with van der Waals surface area (Å²) < 4.78 is 0. The van der Waals surface area contributed by atoms with Crippen molar-refractivity contribution in [2.24, 2.45) is 0 Å². The molecule has 0 aliphatic carbocycles. The third kappa shape index (κ3) is 5.75. The van der Waals surface area contributed by atoms with Crippen LogP contribution in [0.2, 0.25) is 0 Å². The molecule has 0 heterocycles. The molecule has 2 rings (SSSR count). The first-order valence-corrected chi connectivity index (χ1v) is 8.51. The number of anilines is 2. The number of benzene rings is 2. The second kappa shape index (κ2) is 7.97. The van der Waals surface area contributed by atoms with Crippen LogP contribution in [0.1, 0.15) is 50.0 Å². The lowest BCUT2D eigenvalue weighted by atomic mass is 9.87. The van der Waals surface area contributed by atoms with Crippen LogP contribution in [0.5, 0.6) is 0 Å². The van der Waals surface area contributed by atoms with Crippen LogP contribution in [0.3, 0.4) is 0 Å². The van der Waals surface area contributed by atoms with E-state index in [0.717, 1.165) is 11.4 Å². The molecule has 0 bridgehead atoms. The molecule has 0 radical (unpaired) electrons. The molecule has 0 aliphatic rings. The maximum Gasteiger partial charge on any atom is 0.226 e. The summed E-state index contributed by atoms with van der Waals surface area (Å²) in [5, 5.41) is 6.09. The van der Waals surface area contributed by atoms with Gasteiger partial charge >= 0.3 is 0 Å². The highest BCUT2D eigenvalue weighted by Crippen LogP contribution is 2.23. The van der Waals surface area contributed by atoms with Crippen LogP contribution in [0.15, 0.2) is 48.5 Å². The molecule has 4 heteroatoms. The van der Waals surface area contributed by atoms with Crippen molar-refractivity contribution in [3.05, 3.63) is 59.7 Å². The molecule has 25 heavy (non-hydrogen) atoms. The standard InChI is InChI=1S/C21H26N2O2/c1-15(24)16-5-9-18(10-6-16)22-14-13-20(25)23-19-11-7-17(8-12-19)21(2,3)4/h5-12,22H,13-14H2,1-4H3,(H,23,25). The molecule has 0 unspecified atom stereocenters. The number of rotatable bonds is 6. The average Bonchev–Trinajstić information content (AvgIpc) is 2.55. The lowest BCUT2D eigenvalue weighted by Gasteiger charge is -2.19. The molecule has 0 aliphatic heterocycles. The molecule has 4 nitrogen and oxygen atoms in total. The van der Waals surface area contributed by atoms with E-state index in [2.05, 4.69) is 31.4 Å². The van der Waals surface area contributed by atoms with Crippen LogP contribution in [0, 0.1) is 0 Å². The molecule has 1 amide bonds. The second-order valence-corrected chi connectivity index (χ2v) is 7.19. The van der Waals surface area contributed by atoms with Crippen molar-refractivity contribution in [2.75, 3.05) is 17.2 Å². The van der Waals surface area contributed by atoms with E-state index in [0.29, 0.717) is 18.5 Å². The van der Waals surface area contributed by atoms with Crippen molar-refractivity contribution in [3.8, 4) is 0 Å². The van der Waals surface area contributed by atoms with E-state index in [1.54, 1.807) is 19.1 Å². The van der Waals surface area contributed by atoms with E-state index < -0.39 is 0 Å². The van der Waals surface area contributed by atoms with Gasteiger partial charge in [-0.25, -0.2) is 0 Å². The Kier molecular flexibility index (Phi) is 5.97. The van der Waals surface area contributed by atoms with Gasteiger partial charge in [0.05, 0.1) is 0 Å². The van der Waals surface area contributed by atoms with Gasteiger partial charge in [0.2, 0.25) is 5.91 Å². The van der Waals surface area contributed by atoms with Gasteiger partial charge in [0.15, 0.2) is 5.78 Å². The SMILES string of the molecule is CC(=O)c1ccc(NCCC(=O)Nc2ccc(C(C)(C)C)cc2)cc1. The number of nitrogens with one attached hydrogen (secondary N) is 2. The molecule has 0 saturated carbocycles. The minimum Gasteiger partial charge on any atom is -0.385 e. The van der Waals surface area contributed by atoms with Crippen LogP contribution in [-0.2, 0) is 10.2 Å². The Morgan fingerprint density at radius 3 is 1.96 bits per heavy atom. The summed E-state index contributed by atoms with van der Waals surface area (Å²) in [6.07, 6.45) is 0.371. The first-order valence-electron chi connectivity index (χ1n) is 8.51. The van der Waals surface area contributed by atoms with Crippen LogP contribution in [-0.4, -0.2) is 18.2 Å². The normalized spacial score (nSPS) is 11.0. The van der Waals surface area contributed by atoms with Crippen molar-refractivity contribution in [3.63, 3.8) is 0 Å². The minimum atomic E-state index is -0.0311. The molecule has 0 fully saturated rings. The topological polar surface area (TPSA) is 58.2 Å². The Morgan fingerprint density at radius 1 is 0.880 bits per heavy atom. The van der Waals surface area contributed by atoms with E-state index in [1.165, 1.54) is 5.56 Å². The van der Waals surface area contributed by atoms with Gasteiger partial charge in [-0.05, 0) is 54.3 Å². The highest BCUT2D eigenvalue weighted by Gasteiger charge is 2.13. The fraction of sp³-hybridized carbons (Fsp3) is 0.333. The van der Waals surface area contributed by atoms with E-state index in [9.17, 15) is 9.59 Å². The highest BCUT2D eigenvalue weighted by atomic mass is 16.1. The fourth-order valence-electron chi connectivity index (χ4n) is 2.42. The summed E-state index contributed by atoms with van der Waals surface area (Å²) in [5.74, 6) is 0.0137. The third-order valence-corrected chi connectivity index (χ3v) is 4.01. The maximum absolute atomic E-state index is 12.0. The Bertz CT molecular complexity index is 726. The molecule has 0 aromatic heterocycles. The fourth-order valence-corrected chi connectivity index (χ4v) is 2.42. The van der Waals surface area contributed by atoms with Gasteiger partial charge in [0.25, 0.3) is 0 Å². The lowest BCUT2D eigenvalue weighted by molar-refractivity contribution is -0.115. The van der Waals surface area contributed by atoms with E-state index in [-0.39, 0.29) is 17.1 Å². The van der Waals surface area contributed by atoms with Crippen molar-refractivity contribution >= 4 is 23.1 Å². The van der Waals surface area contributed by atoms with Crippen LogP contribution >= 0.6 is 0 Å². The van der Waals surface area contributed by atoms with Crippen molar-refractivity contribution in [2.45, 2.75) is 39.5 Å². The first-order chi connectivity index (χ1) is 11.8. The summed E-state index contributed by atoms with van der Waals surface area (Å²) in [6, 6.07) is 15.2. The third-order valence-electron chi connectivity index (χ3n) is 4.01. The van der Waals surface area contributed by atoms with E-state index >= 15 is 0 Å². The van der Waals surface area contributed by atoms with Gasteiger partial charge in [-0.1, -0.05) is 32.9 Å². The van der Waals surface area contributed by atoms with Gasteiger partial charge in [0, 0.05) is 29.9 Å². The number of Topliss-reactive ketones (excluding diaryl/α,β-unsaturated/α-hetero) is 1.